The molecular formula is C10H6F4N2O2S2. The zero-order chi connectivity index (χ0) is 15.1. The number of nitrogens with zero attached hydrogens (tertiary/aromatic N) is 2. The van der Waals surface area contributed by atoms with Gasteiger partial charge in [0.2, 0.25) is 0 Å². The van der Waals surface area contributed by atoms with Crippen LogP contribution >= 0.6 is 11.3 Å². The Labute approximate surface area is 115 Å². The SMILES string of the molecule is CS(=O)(=O)c1sc(-c2cncc(F)c2)nc1C(F)(F)F. The van der Waals surface area contributed by atoms with E-state index in [1.165, 1.54) is 0 Å². The first kappa shape index (κ1) is 14.9. The Bertz CT molecular complexity index is 753. The van der Waals surface area contributed by atoms with E-state index < -0.39 is 31.7 Å². The van der Waals surface area contributed by atoms with Crippen LogP contribution in [0.5, 0.6) is 0 Å². The summed E-state index contributed by atoms with van der Waals surface area (Å²) in [6, 6.07) is 0.929. The summed E-state index contributed by atoms with van der Waals surface area (Å²) in [7, 11) is -4.09. The summed E-state index contributed by atoms with van der Waals surface area (Å²) < 4.78 is 73.2. The van der Waals surface area contributed by atoms with Crippen molar-refractivity contribution in [3.63, 3.8) is 0 Å². The second kappa shape index (κ2) is 4.77. The van der Waals surface area contributed by atoms with E-state index in [1.807, 2.05) is 0 Å². The van der Waals surface area contributed by atoms with Gasteiger partial charge >= 0.3 is 6.18 Å². The van der Waals surface area contributed by atoms with Crippen LogP contribution in [-0.4, -0.2) is 24.6 Å². The highest BCUT2D eigenvalue weighted by molar-refractivity contribution is 7.92. The van der Waals surface area contributed by atoms with Gasteiger partial charge in [-0.25, -0.2) is 17.8 Å². The normalized spacial score (nSPS) is 12.7. The molecule has 2 heterocycles. The maximum atomic E-state index is 13.0. The molecule has 10 heteroatoms. The van der Waals surface area contributed by atoms with Gasteiger partial charge in [0, 0.05) is 18.0 Å². The van der Waals surface area contributed by atoms with E-state index in [4.69, 9.17) is 0 Å². The Hall–Kier alpha value is -1.55. The van der Waals surface area contributed by atoms with Gasteiger partial charge in [-0.05, 0) is 6.07 Å². The maximum absolute atomic E-state index is 13.0. The van der Waals surface area contributed by atoms with Gasteiger partial charge < -0.3 is 0 Å². The Kier molecular flexibility index (Phi) is 3.54. The summed E-state index contributed by atoms with van der Waals surface area (Å²) in [4.78, 5) is 6.75. The fraction of sp³-hybridized carbons (Fsp3) is 0.200. The van der Waals surface area contributed by atoms with E-state index in [0.717, 1.165) is 18.5 Å². The minimum absolute atomic E-state index is 0.0181. The van der Waals surface area contributed by atoms with Crippen LogP contribution in [0.25, 0.3) is 10.6 Å². The zero-order valence-corrected chi connectivity index (χ0v) is 11.4. The molecule has 0 aliphatic heterocycles. The lowest BCUT2D eigenvalue weighted by Gasteiger charge is -2.03. The molecule has 0 saturated heterocycles. The molecule has 4 nitrogen and oxygen atoms in total. The Morgan fingerprint density at radius 1 is 1.25 bits per heavy atom. The summed E-state index contributed by atoms with van der Waals surface area (Å²) in [6.07, 6.45) is -2.27. The van der Waals surface area contributed by atoms with E-state index >= 15 is 0 Å². The molecule has 0 atom stereocenters. The summed E-state index contributed by atoms with van der Waals surface area (Å²) in [5.74, 6) is -0.757. The summed E-state index contributed by atoms with van der Waals surface area (Å²) >= 11 is 0.329. The van der Waals surface area contributed by atoms with Gasteiger partial charge in [0.1, 0.15) is 10.8 Å². The first-order valence-corrected chi connectivity index (χ1v) is 7.69. The molecule has 0 bridgehead atoms. The highest BCUT2D eigenvalue weighted by atomic mass is 32.2. The van der Waals surface area contributed by atoms with Crippen molar-refractivity contribution in [3.05, 3.63) is 30.0 Å². The number of hydrogen-bond donors (Lipinski definition) is 0. The fourth-order valence-corrected chi connectivity index (χ4v) is 3.54. The van der Waals surface area contributed by atoms with Crippen LogP contribution in [0.15, 0.2) is 22.7 Å². The van der Waals surface area contributed by atoms with E-state index in [0.29, 0.717) is 17.6 Å². The van der Waals surface area contributed by atoms with Crippen molar-refractivity contribution in [1.82, 2.24) is 9.97 Å². The largest absolute Gasteiger partial charge is 0.435 e. The number of halogens is 4. The smallest absolute Gasteiger partial charge is 0.261 e. The third kappa shape index (κ3) is 2.96. The van der Waals surface area contributed by atoms with Crippen molar-refractivity contribution in [2.75, 3.05) is 6.26 Å². The molecule has 0 radical (unpaired) electrons. The molecule has 0 aliphatic carbocycles. The molecule has 0 fully saturated rings. The maximum Gasteiger partial charge on any atom is 0.435 e. The predicted octanol–water partition coefficient (Wildman–Crippen LogP) is 2.77. The Balaban J connectivity index is 2.67. The second-order valence-electron chi connectivity index (χ2n) is 3.82. The molecule has 0 aromatic carbocycles. The molecular weight excluding hydrogens is 320 g/mol. The highest BCUT2D eigenvalue weighted by Gasteiger charge is 2.40. The molecule has 2 aromatic rings. The Morgan fingerprint density at radius 2 is 1.90 bits per heavy atom. The lowest BCUT2D eigenvalue weighted by atomic mass is 10.3. The lowest BCUT2D eigenvalue weighted by molar-refractivity contribution is -0.142. The molecule has 0 saturated carbocycles. The quantitative estimate of drug-likeness (QED) is 0.796. The number of sulfone groups is 1. The van der Waals surface area contributed by atoms with Crippen molar-refractivity contribution >= 4 is 21.2 Å². The van der Waals surface area contributed by atoms with Gasteiger partial charge in [0.15, 0.2) is 19.7 Å². The van der Waals surface area contributed by atoms with Crippen LogP contribution in [0.2, 0.25) is 0 Å². The number of rotatable bonds is 2. The van der Waals surface area contributed by atoms with E-state index in [9.17, 15) is 26.0 Å². The van der Waals surface area contributed by atoms with Crippen LogP contribution in [0.1, 0.15) is 5.69 Å². The number of pyridine rings is 1. The third-order valence-electron chi connectivity index (χ3n) is 2.15. The van der Waals surface area contributed by atoms with Gasteiger partial charge in [-0.3, -0.25) is 4.98 Å². The molecule has 2 rings (SSSR count). The van der Waals surface area contributed by atoms with Gasteiger partial charge in [0.05, 0.1) is 6.20 Å². The number of aromatic nitrogens is 2. The average molecular weight is 326 g/mol. The molecule has 0 N–H and O–H groups in total. The van der Waals surface area contributed by atoms with Gasteiger partial charge in [-0.1, -0.05) is 0 Å². The van der Waals surface area contributed by atoms with Crippen molar-refractivity contribution in [1.29, 1.82) is 0 Å². The number of thiazole rings is 1. The fourth-order valence-electron chi connectivity index (χ4n) is 1.39. The summed E-state index contributed by atoms with van der Waals surface area (Å²) in [5, 5.41) is -0.259. The standard InChI is InChI=1S/C10H6F4N2O2S2/c1-20(17,18)9-7(10(12,13)14)16-8(19-9)5-2-6(11)4-15-3-5/h2-4H,1H3. The molecule has 0 amide bonds. The van der Waals surface area contributed by atoms with E-state index in [1.54, 1.807) is 0 Å². The van der Waals surface area contributed by atoms with Crippen molar-refractivity contribution in [2.24, 2.45) is 0 Å². The van der Waals surface area contributed by atoms with Crippen LogP contribution in [0.4, 0.5) is 17.6 Å². The molecule has 0 unspecified atom stereocenters. The topological polar surface area (TPSA) is 59.9 Å². The van der Waals surface area contributed by atoms with Gasteiger partial charge in [-0.2, -0.15) is 13.2 Å². The highest BCUT2D eigenvalue weighted by Crippen LogP contribution is 2.39. The summed E-state index contributed by atoms with van der Waals surface area (Å²) in [5.41, 5.74) is -1.51. The first-order chi connectivity index (χ1) is 9.09. The molecule has 0 spiro atoms. The zero-order valence-electron chi connectivity index (χ0n) is 9.77. The number of hydrogen-bond acceptors (Lipinski definition) is 5. The second-order valence-corrected chi connectivity index (χ2v) is 7.03. The van der Waals surface area contributed by atoms with Crippen LogP contribution in [-0.2, 0) is 16.0 Å². The van der Waals surface area contributed by atoms with E-state index in [-0.39, 0.29) is 10.6 Å². The molecule has 2 aromatic heterocycles. The minimum Gasteiger partial charge on any atom is -0.261 e. The summed E-state index contributed by atoms with van der Waals surface area (Å²) in [6.45, 7) is 0. The predicted molar refractivity (Wildman–Crippen MR) is 63.4 cm³/mol. The first-order valence-electron chi connectivity index (χ1n) is 4.98. The molecule has 20 heavy (non-hydrogen) atoms. The number of alkyl halides is 3. The minimum atomic E-state index is -4.91. The third-order valence-corrected chi connectivity index (χ3v) is 5.08. The Morgan fingerprint density at radius 3 is 2.35 bits per heavy atom. The van der Waals surface area contributed by atoms with Crippen molar-refractivity contribution < 1.29 is 26.0 Å². The average Bonchev–Trinajstić information content (AvgIpc) is 2.72. The monoisotopic (exact) mass is 326 g/mol. The van der Waals surface area contributed by atoms with Crippen LogP contribution < -0.4 is 0 Å². The molecule has 108 valence electrons. The van der Waals surface area contributed by atoms with E-state index in [2.05, 4.69) is 9.97 Å². The van der Waals surface area contributed by atoms with Crippen LogP contribution in [0.3, 0.4) is 0 Å². The lowest BCUT2D eigenvalue weighted by Crippen LogP contribution is -2.11. The van der Waals surface area contributed by atoms with Crippen LogP contribution in [0, 0.1) is 5.82 Å². The molecule has 0 aliphatic rings. The van der Waals surface area contributed by atoms with Crippen molar-refractivity contribution in [2.45, 2.75) is 10.4 Å². The van der Waals surface area contributed by atoms with Gasteiger partial charge in [0.25, 0.3) is 0 Å². The van der Waals surface area contributed by atoms with Crippen molar-refractivity contribution in [3.8, 4) is 10.6 Å². The van der Waals surface area contributed by atoms with Gasteiger partial charge in [-0.15, -0.1) is 11.3 Å².